The van der Waals surface area contributed by atoms with Crippen LogP contribution in [0.1, 0.15) is 250 Å². The van der Waals surface area contributed by atoms with Crippen molar-refractivity contribution in [2.24, 2.45) is 71.0 Å². The molecular formula is C125H118N8O2. The van der Waals surface area contributed by atoms with Crippen LogP contribution in [0.3, 0.4) is 0 Å². The minimum absolute atomic E-state index is 0.1000. The van der Waals surface area contributed by atoms with Gasteiger partial charge in [0.15, 0.2) is 11.6 Å². The number of hydrogen-bond donors (Lipinski definition) is 0. The highest BCUT2D eigenvalue weighted by molar-refractivity contribution is 6.09. The van der Waals surface area contributed by atoms with Crippen LogP contribution >= 0.6 is 0 Å². The first kappa shape index (κ1) is 80.2. The van der Waals surface area contributed by atoms with Gasteiger partial charge in [-0.25, -0.2) is 29.9 Å². The summed E-state index contributed by atoms with van der Waals surface area (Å²) in [5.74, 6) is 16.5. The van der Waals surface area contributed by atoms with Gasteiger partial charge in [0.2, 0.25) is 0 Å². The van der Waals surface area contributed by atoms with Crippen LogP contribution in [-0.4, -0.2) is 29.9 Å². The second-order valence-electron chi connectivity index (χ2n) is 46.3. The second kappa shape index (κ2) is 29.4. The molecule has 670 valence electrons. The first-order valence-corrected chi connectivity index (χ1v) is 51.8. The fourth-order valence-corrected chi connectivity index (χ4v) is 34.6. The summed E-state index contributed by atoms with van der Waals surface area (Å²) in [6.07, 6.45) is 32.2. The number of benzene rings is 12. The molecule has 34 rings (SSSR count). The minimum Gasteiger partial charge on any atom is -0.456 e. The zero-order chi connectivity index (χ0) is 89.3. The Balaban J connectivity index is 0.000000131. The van der Waals surface area contributed by atoms with Crippen molar-refractivity contribution < 1.29 is 8.83 Å². The number of furan rings is 2. The third kappa shape index (κ3) is 11.8. The summed E-state index contributed by atoms with van der Waals surface area (Å²) >= 11 is 0. The molecule has 135 heavy (non-hydrogen) atoms. The van der Waals surface area contributed by atoms with Crippen LogP contribution in [0.2, 0.25) is 0 Å². The number of nitrogens with zero attached hydrogens (tertiary/aromatic N) is 8. The van der Waals surface area contributed by atoms with E-state index in [9.17, 15) is 0 Å². The van der Waals surface area contributed by atoms with Crippen molar-refractivity contribution in [2.45, 2.75) is 221 Å². The number of aryl methyl sites for hydroxylation is 5. The molecule has 16 aliphatic carbocycles. The summed E-state index contributed by atoms with van der Waals surface area (Å²) < 4.78 is 13.9. The standard InChI is InChI=1S/C63H60N4O.C62H58N4O/c1-37-13-4-6-16-49(37)63(52-19-12-15-48-47-14-5-11-22-55(47)68-57(48)52)50-17-7-9-20-53(50)67(54-21-10-8-18-51(54)63)46-23-38(2)56(39(3)24-46)58-64-59(61-31-40-25-41(32-61)27-42(26-40)33-61)66-60(65-58)62-34-43-28-44(35-62)30-45(29-43)36-62;1-37-23-46(24-38(2)55(37)57-63-58(60-31-39-25-40(32-60)27-41(26-39)33-60)65-59(64-57)61-34-42-28-43(35-61)30-44(29-42)36-61)66-52-20-9-7-17-49(52)62(45-13-4-3-5-14-45,50-18-8-10-21-53(50)66)51-19-12-16-48-47-15-6-11-22-54(47)67-56(48)51/h4-24,40-45H,25-36H2,1-3H3;3-24,39-44H,25-36H2,1-2H3. The number of fused-ring (bicyclic) bond motifs is 10. The van der Waals surface area contributed by atoms with E-state index < -0.39 is 10.8 Å². The molecule has 0 spiro atoms. The average molecular weight is 1760 g/mol. The van der Waals surface area contributed by atoms with Crippen LogP contribution in [0.25, 0.3) is 66.7 Å². The molecule has 2 aliphatic heterocycles. The van der Waals surface area contributed by atoms with Crippen LogP contribution < -0.4 is 9.80 Å². The van der Waals surface area contributed by atoms with Gasteiger partial charge in [0.05, 0.1) is 33.6 Å². The topological polar surface area (TPSA) is 110 Å². The maximum Gasteiger partial charge on any atom is 0.163 e. The SMILES string of the molecule is Cc1cc(N2c3ccccc3C(c3ccccc3)(c3cccc4c3oc3ccccc34)c3ccccc32)cc(C)c1-c1nc(C23CC4CC(CC(C4)C2)C3)nc(C23CC4CC(CC(C4)C2)C3)n1.Cc1ccccc1C1(c2cccc3c2oc2ccccc23)c2ccccc2N(c2cc(C)c(-c3nc(C45CC6CC(CC(C6)C4)C5)nc(C45CC6CC(CC(C6)C4)C5)n3)c(C)c2)c2ccccc21. The number of anilines is 6. The van der Waals surface area contributed by atoms with Crippen molar-refractivity contribution in [1.29, 1.82) is 0 Å². The van der Waals surface area contributed by atoms with Gasteiger partial charge in [-0.1, -0.05) is 200 Å². The molecule has 12 aromatic carbocycles. The number of rotatable bonds is 12. The normalized spacial score (nSPS) is 29.3. The Morgan fingerprint density at radius 1 is 0.237 bits per heavy atom. The monoisotopic (exact) mass is 1760 g/mol. The van der Waals surface area contributed by atoms with Crippen LogP contribution in [0.4, 0.5) is 34.1 Å². The lowest BCUT2D eigenvalue weighted by atomic mass is 9.49. The van der Waals surface area contributed by atoms with Crippen molar-refractivity contribution >= 4 is 78.0 Å². The van der Waals surface area contributed by atoms with E-state index in [1.165, 1.54) is 238 Å². The van der Waals surface area contributed by atoms with Crippen molar-refractivity contribution in [3.8, 4) is 22.8 Å². The average Bonchev–Trinajstić information content (AvgIpc) is 1.65. The van der Waals surface area contributed by atoms with Crippen molar-refractivity contribution in [2.75, 3.05) is 9.80 Å². The van der Waals surface area contributed by atoms with E-state index in [4.69, 9.17) is 38.7 Å². The predicted octanol–water partition coefficient (Wildman–Crippen LogP) is 30.6. The van der Waals surface area contributed by atoms with Gasteiger partial charge in [-0.2, -0.15) is 0 Å². The summed E-state index contributed by atoms with van der Waals surface area (Å²) in [5, 5.41) is 4.56. The molecule has 6 heterocycles. The molecule has 18 aliphatic rings. The van der Waals surface area contributed by atoms with Gasteiger partial charge in [0, 0.05) is 76.8 Å². The molecule has 16 fully saturated rings. The highest BCUT2D eigenvalue weighted by Crippen LogP contribution is 2.69. The van der Waals surface area contributed by atoms with Gasteiger partial charge in [-0.05, 0) is 382 Å². The molecule has 0 amide bonds. The molecule has 0 radical (unpaired) electrons. The summed E-state index contributed by atoms with van der Waals surface area (Å²) in [6.45, 7) is 11.5. The Kier molecular flexibility index (Phi) is 17.5. The van der Waals surface area contributed by atoms with Crippen LogP contribution in [0, 0.1) is 106 Å². The van der Waals surface area contributed by atoms with E-state index >= 15 is 0 Å². The Hall–Kier alpha value is -12.1. The summed E-state index contributed by atoms with van der Waals surface area (Å²) in [4.78, 5) is 39.6. The van der Waals surface area contributed by atoms with Crippen molar-refractivity contribution in [3.05, 3.63) is 356 Å². The first-order chi connectivity index (χ1) is 66.1. The van der Waals surface area contributed by atoms with Crippen molar-refractivity contribution in [1.82, 2.24) is 29.9 Å². The Bertz CT molecular complexity index is 7200. The summed E-state index contributed by atoms with van der Waals surface area (Å²) in [7, 11) is 0. The Labute approximate surface area is 792 Å². The summed E-state index contributed by atoms with van der Waals surface area (Å²) in [5.41, 5.74) is 27.9. The highest BCUT2D eigenvalue weighted by atomic mass is 16.3. The molecule has 0 atom stereocenters. The zero-order valence-corrected chi connectivity index (χ0v) is 78.6. The lowest BCUT2D eigenvalue weighted by molar-refractivity contribution is -0.0157. The van der Waals surface area contributed by atoms with Gasteiger partial charge in [0.25, 0.3) is 0 Å². The van der Waals surface area contributed by atoms with E-state index in [1.807, 2.05) is 0 Å². The third-order valence-corrected chi connectivity index (χ3v) is 37.9. The lowest BCUT2D eigenvalue weighted by Crippen LogP contribution is -2.51. The van der Waals surface area contributed by atoms with Gasteiger partial charge < -0.3 is 18.6 Å². The molecular weight excluding hydrogens is 1650 g/mol. The third-order valence-electron chi connectivity index (χ3n) is 37.9. The number of para-hydroxylation sites is 8. The van der Waals surface area contributed by atoms with E-state index in [-0.39, 0.29) is 21.7 Å². The molecule has 10 nitrogen and oxygen atoms in total. The lowest BCUT2D eigenvalue weighted by Gasteiger charge is -2.57. The van der Waals surface area contributed by atoms with E-state index in [1.54, 1.807) is 0 Å². The fraction of sp³-hybridized carbons (Fsp3) is 0.376. The van der Waals surface area contributed by atoms with E-state index in [0.29, 0.717) is 0 Å². The quantitative estimate of drug-likeness (QED) is 0.117. The fourth-order valence-electron chi connectivity index (χ4n) is 34.6. The van der Waals surface area contributed by atoms with Gasteiger partial charge in [-0.3, -0.25) is 0 Å². The Morgan fingerprint density at radius 2 is 0.496 bits per heavy atom. The van der Waals surface area contributed by atoms with E-state index in [0.717, 1.165) is 184 Å². The Morgan fingerprint density at radius 3 is 0.822 bits per heavy atom. The number of aromatic nitrogens is 6. The van der Waals surface area contributed by atoms with Gasteiger partial charge in [0.1, 0.15) is 45.6 Å². The van der Waals surface area contributed by atoms with Crippen LogP contribution in [0.15, 0.2) is 270 Å². The molecule has 16 aromatic rings. The van der Waals surface area contributed by atoms with E-state index in [2.05, 4.69) is 305 Å². The number of hydrogen-bond acceptors (Lipinski definition) is 10. The van der Waals surface area contributed by atoms with Crippen molar-refractivity contribution in [3.63, 3.8) is 0 Å². The molecule has 4 aromatic heterocycles. The zero-order valence-electron chi connectivity index (χ0n) is 78.6. The highest BCUT2D eigenvalue weighted by Gasteiger charge is 2.61. The molecule has 0 saturated heterocycles. The molecule has 16 bridgehead atoms. The molecule has 16 saturated carbocycles. The second-order valence-corrected chi connectivity index (χ2v) is 46.3. The first-order valence-electron chi connectivity index (χ1n) is 51.8. The van der Waals surface area contributed by atoms with Gasteiger partial charge in [-0.15, -0.1) is 0 Å². The van der Waals surface area contributed by atoms with Crippen LogP contribution in [-0.2, 0) is 32.5 Å². The molecule has 0 unspecified atom stereocenters. The molecule has 10 heteroatoms. The molecule has 0 N–H and O–H groups in total. The smallest absolute Gasteiger partial charge is 0.163 e. The largest absolute Gasteiger partial charge is 0.456 e. The maximum atomic E-state index is 6.97. The predicted molar refractivity (Wildman–Crippen MR) is 541 cm³/mol. The summed E-state index contributed by atoms with van der Waals surface area (Å²) in [6, 6.07) is 96.6. The maximum absolute atomic E-state index is 6.97. The van der Waals surface area contributed by atoms with Crippen LogP contribution in [0.5, 0.6) is 0 Å². The van der Waals surface area contributed by atoms with Gasteiger partial charge >= 0.3 is 0 Å². The minimum atomic E-state index is -0.682.